The molecule has 4 rings (SSSR count). The van der Waals surface area contributed by atoms with E-state index in [9.17, 15) is 16.8 Å². The third-order valence-corrected chi connectivity index (χ3v) is 10.3. The highest BCUT2D eigenvalue weighted by Crippen LogP contribution is 2.75. The fraction of sp³-hybridized carbons (Fsp3) is 1.00. The molecule has 0 aromatic carbocycles. The normalized spacial score (nSPS) is 52.8. The van der Waals surface area contributed by atoms with Gasteiger partial charge in [0.1, 0.15) is 0 Å². The molecule has 24 heavy (non-hydrogen) atoms. The Bertz CT molecular complexity index is 717. The van der Waals surface area contributed by atoms with Gasteiger partial charge < -0.3 is 0 Å². The molecule has 4 aliphatic rings. The lowest BCUT2D eigenvalue weighted by molar-refractivity contribution is 0.120. The van der Waals surface area contributed by atoms with E-state index in [1.807, 2.05) is 0 Å². The van der Waals surface area contributed by atoms with Crippen molar-refractivity contribution in [1.82, 2.24) is 0 Å². The first-order chi connectivity index (χ1) is 10.9. The van der Waals surface area contributed by atoms with Crippen LogP contribution >= 0.6 is 31.9 Å². The number of hydrogen-bond donors (Lipinski definition) is 0. The molecular weight excluding hydrogens is 488 g/mol. The van der Waals surface area contributed by atoms with Crippen LogP contribution in [0.25, 0.3) is 0 Å². The second kappa shape index (κ2) is 5.19. The van der Waals surface area contributed by atoms with Crippen molar-refractivity contribution in [2.45, 2.75) is 46.5 Å². The molecule has 6 nitrogen and oxygen atoms in total. The minimum absolute atomic E-state index is 0.0828. The Balaban J connectivity index is 1.76. The summed E-state index contributed by atoms with van der Waals surface area (Å²) in [6, 6.07) is 0. The van der Waals surface area contributed by atoms with Crippen LogP contribution in [0, 0.1) is 23.7 Å². The third-order valence-electron chi connectivity index (χ3n) is 6.42. The summed E-state index contributed by atoms with van der Waals surface area (Å²) in [5.41, 5.74) is 0. The van der Waals surface area contributed by atoms with E-state index < -0.39 is 41.1 Å². The lowest BCUT2D eigenvalue weighted by Gasteiger charge is -2.31. The van der Waals surface area contributed by atoms with Crippen LogP contribution in [0.2, 0.25) is 0 Å². The van der Waals surface area contributed by atoms with Gasteiger partial charge in [0, 0.05) is 0 Å². The van der Waals surface area contributed by atoms with Gasteiger partial charge in [-0.15, -0.1) is 0 Å². The molecule has 0 amide bonds. The van der Waals surface area contributed by atoms with Crippen molar-refractivity contribution in [3.05, 3.63) is 0 Å². The van der Waals surface area contributed by atoms with Crippen molar-refractivity contribution in [2.75, 3.05) is 12.5 Å². The Morgan fingerprint density at radius 2 is 1.12 bits per heavy atom. The zero-order valence-electron chi connectivity index (χ0n) is 13.3. The van der Waals surface area contributed by atoms with Gasteiger partial charge in [-0.1, -0.05) is 31.9 Å². The average Bonchev–Trinajstić information content (AvgIpc) is 3.02. The molecule has 0 spiro atoms. The molecule has 4 unspecified atom stereocenters. The Labute approximate surface area is 159 Å². The summed E-state index contributed by atoms with van der Waals surface area (Å²) < 4.78 is 57.3. The summed E-state index contributed by atoms with van der Waals surface area (Å²) in [6.07, 6.45) is 4.53. The van der Waals surface area contributed by atoms with Crippen LogP contribution in [0.4, 0.5) is 0 Å². The summed E-state index contributed by atoms with van der Waals surface area (Å²) in [7, 11) is -7.12. The maximum atomic E-state index is 11.8. The van der Waals surface area contributed by atoms with Crippen molar-refractivity contribution in [3.8, 4) is 0 Å². The molecule has 4 aliphatic carbocycles. The van der Waals surface area contributed by atoms with Gasteiger partial charge in [0.2, 0.25) is 0 Å². The fourth-order valence-electron chi connectivity index (χ4n) is 6.04. The lowest BCUT2D eigenvalue weighted by atomic mass is 9.89. The largest absolute Gasteiger partial charge is 0.265 e. The minimum Gasteiger partial charge on any atom is -0.265 e. The zero-order valence-corrected chi connectivity index (χ0v) is 18.1. The first kappa shape index (κ1) is 18.2. The van der Waals surface area contributed by atoms with Crippen molar-refractivity contribution in [1.29, 1.82) is 0 Å². The van der Waals surface area contributed by atoms with E-state index in [0.29, 0.717) is 0 Å². The van der Waals surface area contributed by atoms with Crippen LogP contribution in [-0.4, -0.2) is 50.2 Å². The van der Waals surface area contributed by atoms with Crippen LogP contribution in [0.15, 0.2) is 0 Å². The van der Waals surface area contributed by atoms with E-state index in [1.165, 1.54) is 0 Å². The van der Waals surface area contributed by atoms with E-state index in [2.05, 4.69) is 31.9 Å². The van der Waals surface area contributed by atoms with Gasteiger partial charge in [-0.05, 0) is 49.4 Å². The lowest BCUT2D eigenvalue weighted by Crippen LogP contribution is -2.41. The van der Waals surface area contributed by atoms with E-state index in [1.54, 1.807) is 0 Å². The second-order valence-corrected chi connectivity index (χ2v) is 13.9. The van der Waals surface area contributed by atoms with Crippen LogP contribution in [0.3, 0.4) is 0 Å². The second-order valence-electron chi connectivity index (χ2n) is 7.75. The summed E-state index contributed by atoms with van der Waals surface area (Å²) in [6.45, 7) is 0. The molecule has 0 N–H and O–H groups in total. The Morgan fingerprint density at radius 1 is 0.792 bits per heavy atom. The van der Waals surface area contributed by atoms with Crippen molar-refractivity contribution in [2.24, 2.45) is 23.7 Å². The molecular formula is C14H20Br2O6S2. The van der Waals surface area contributed by atoms with Crippen LogP contribution < -0.4 is 0 Å². The molecule has 0 aliphatic heterocycles. The van der Waals surface area contributed by atoms with Crippen LogP contribution in [-0.2, 0) is 28.6 Å². The van der Waals surface area contributed by atoms with Gasteiger partial charge >= 0.3 is 0 Å². The third kappa shape index (κ3) is 2.42. The summed E-state index contributed by atoms with van der Waals surface area (Å²) >= 11 is 7.66. The maximum Gasteiger partial charge on any atom is 0.264 e. The topological polar surface area (TPSA) is 86.7 Å². The molecule has 4 fully saturated rings. The standard InChI is InChI=1S/C14H20Br2O6S2/c1-23(17,18)21-11-7-3-6-14(16)9(7)10-8(4-5-13(10,11)15)12(14)22-24(2,19)20/h7-12H,3-6H2,1-2H3/t7?,8?,9?,10?,11-,12-,13-,14-/m1/s1. The quantitative estimate of drug-likeness (QED) is 0.427. The summed E-state index contributed by atoms with van der Waals surface area (Å²) in [4.78, 5) is 0. The number of hydrogen-bond acceptors (Lipinski definition) is 6. The number of alkyl halides is 2. The summed E-state index contributed by atoms with van der Waals surface area (Å²) in [5, 5.41) is 0. The van der Waals surface area contributed by atoms with E-state index in [0.717, 1.165) is 38.2 Å². The molecule has 0 radical (unpaired) electrons. The highest BCUT2D eigenvalue weighted by atomic mass is 79.9. The molecule has 0 bridgehead atoms. The smallest absolute Gasteiger partial charge is 0.264 e. The Morgan fingerprint density at radius 3 is 1.42 bits per heavy atom. The molecule has 4 saturated carbocycles. The molecule has 0 aromatic heterocycles. The monoisotopic (exact) mass is 506 g/mol. The highest BCUT2D eigenvalue weighted by molar-refractivity contribution is 9.10. The van der Waals surface area contributed by atoms with Gasteiger partial charge in [0.05, 0.1) is 33.4 Å². The van der Waals surface area contributed by atoms with E-state index in [-0.39, 0.29) is 23.7 Å². The molecule has 0 heterocycles. The number of halogens is 2. The van der Waals surface area contributed by atoms with Gasteiger partial charge in [-0.3, -0.25) is 8.37 Å². The molecule has 10 heteroatoms. The van der Waals surface area contributed by atoms with E-state index >= 15 is 0 Å². The van der Waals surface area contributed by atoms with Gasteiger partial charge in [0.15, 0.2) is 0 Å². The minimum atomic E-state index is -3.56. The van der Waals surface area contributed by atoms with Crippen molar-refractivity contribution >= 4 is 52.1 Å². The van der Waals surface area contributed by atoms with Gasteiger partial charge in [-0.25, -0.2) is 0 Å². The first-order valence-electron chi connectivity index (χ1n) is 8.01. The van der Waals surface area contributed by atoms with Gasteiger partial charge in [-0.2, -0.15) is 16.8 Å². The SMILES string of the molecule is CS(=O)(=O)O[C@@H]1C2CC[C@@]3(Br)C2C2C(CC[C@@]21Br)[C@H]3OS(C)(=O)=O. The molecule has 0 aromatic rings. The predicted molar refractivity (Wildman–Crippen MR) is 95.2 cm³/mol. The Kier molecular flexibility index (Phi) is 3.92. The molecule has 8 atom stereocenters. The maximum absolute atomic E-state index is 11.8. The first-order valence-corrected chi connectivity index (χ1v) is 13.2. The predicted octanol–water partition coefficient (Wildman–Crippen LogP) is 2.02. The van der Waals surface area contributed by atoms with Crippen molar-refractivity contribution < 1.29 is 25.2 Å². The van der Waals surface area contributed by atoms with Crippen LogP contribution in [0.5, 0.6) is 0 Å². The van der Waals surface area contributed by atoms with E-state index in [4.69, 9.17) is 8.37 Å². The van der Waals surface area contributed by atoms with Gasteiger partial charge in [0.25, 0.3) is 20.2 Å². The molecule has 0 saturated heterocycles. The molecule has 138 valence electrons. The fourth-order valence-corrected chi connectivity index (χ4v) is 10.2. The summed E-state index contributed by atoms with van der Waals surface area (Å²) in [5.74, 6) is 0.477. The highest BCUT2D eigenvalue weighted by Gasteiger charge is 2.78. The zero-order chi connectivity index (χ0) is 17.7. The number of rotatable bonds is 4. The average molecular weight is 508 g/mol. The van der Waals surface area contributed by atoms with Crippen LogP contribution in [0.1, 0.15) is 25.7 Å². The van der Waals surface area contributed by atoms with Crippen molar-refractivity contribution in [3.63, 3.8) is 0 Å². The Hall–Kier alpha value is 0.780.